The third-order valence-corrected chi connectivity index (χ3v) is 8.54. The van der Waals surface area contributed by atoms with E-state index in [1.807, 2.05) is 73.1 Å². The maximum absolute atomic E-state index is 8.66. The molecular weight excluding hydrogens is 589 g/mol. The van der Waals surface area contributed by atoms with Gasteiger partial charge in [-0.25, -0.2) is 0 Å². The van der Waals surface area contributed by atoms with Gasteiger partial charge in [0.15, 0.2) is 0 Å². The second kappa shape index (κ2) is 12.6. The molecule has 0 atom stereocenters. The average molecular weight is 623 g/mol. The highest BCUT2D eigenvalue weighted by atomic mass is 14.7. The van der Waals surface area contributed by atoms with Crippen LogP contribution in [0.15, 0.2) is 140 Å². The number of pyridine rings is 4. The molecular formula is C42H34N6. The molecule has 0 bridgehead atoms. The number of allylic oxidation sites excluding steroid dienone is 4. The Balaban J connectivity index is 1.12. The van der Waals surface area contributed by atoms with Crippen LogP contribution in [0.4, 0.5) is 0 Å². The number of nitrogens with zero attached hydrogens (tertiary/aromatic N) is 4. The summed E-state index contributed by atoms with van der Waals surface area (Å²) in [6, 6.07) is 34.8. The minimum atomic E-state index is 0.101. The van der Waals surface area contributed by atoms with Crippen LogP contribution in [-0.4, -0.2) is 31.4 Å². The van der Waals surface area contributed by atoms with Crippen molar-refractivity contribution in [2.75, 3.05) is 0 Å². The lowest BCUT2D eigenvalue weighted by atomic mass is 9.86. The van der Waals surface area contributed by atoms with Crippen LogP contribution in [0.1, 0.15) is 37.7 Å². The molecule has 6 aromatic rings. The third kappa shape index (κ3) is 6.29. The Morgan fingerprint density at radius 3 is 1.56 bits per heavy atom. The Hall–Kier alpha value is -6.14. The van der Waals surface area contributed by atoms with Crippen molar-refractivity contribution in [2.45, 2.75) is 26.2 Å². The van der Waals surface area contributed by atoms with Crippen LogP contribution >= 0.6 is 0 Å². The molecule has 0 aliphatic heterocycles. The summed E-state index contributed by atoms with van der Waals surface area (Å²) in [5, 5.41) is 17.2. The van der Waals surface area contributed by atoms with E-state index in [0.717, 1.165) is 50.3 Å². The summed E-state index contributed by atoms with van der Waals surface area (Å²) >= 11 is 0. The molecule has 4 heterocycles. The average Bonchev–Trinajstić information content (AvgIpc) is 3.13. The second-order valence-corrected chi connectivity index (χ2v) is 12.9. The fourth-order valence-corrected chi connectivity index (χ4v) is 5.74. The van der Waals surface area contributed by atoms with Crippen LogP contribution in [0.5, 0.6) is 0 Å². The van der Waals surface area contributed by atoms with Gasteiger partial charge in [-0.2, -0.15) is 0 Å². The molecule has 6 heteroatoms. The van der Waals surface area contributed by atoms with Gasteiger partial charge in [-0.05, 0) is 93.9 Å². The van der Waals surface area contributed by atoms with Crippen LogP contribution in [0.2, 0.25) is 0 Å². The van der Waals surface area contributed by atoms with E-state index >= 15 is 0 Å². The summed E-state index contributed by atoms with van der Waals surface area (Å²) in [4.78, 5) is 18.6. The molecule has 48 heavy (non-hydrogen) atoms. The van der Waals surface area contributed by atoms with Gasteiger partial charge in [0.25, 0.3) is 0 Å². The standard InChI is InChI=1S/C42H34N6/c1-42(2,3)34-13-9-28(10-14-34)30-18-20-46-40(24-30)32-12-16-38(48-26-32)35-21-33(22-36(43)41(35)44)37-15-11-31(25-47-37)39-23-29(17-19-45-39)27-7-5-4-6-8-27/h4-26,43-44H,1-3H3. The number of hydrogen-bond acceptors (Lipinski definition) is 6. The van der Waals surface area contributed by atoms with E-state index in [1.165, 1.54) is 5.56 Å². The lowest BCUT2D eigenvalue weighted by Crippen LogP contribution is -2.16. The Kier molecular flexibility index (Phi) is 7.99. The highest BCUT2D eigenvalue weighted by Crippen LogP contribution is 2.31. The quantitative estimate of drug-likeness (QED) is 0.181. The Morgan fingerprint density at radius 1 is 0.479 bits per heavy atom. The molecule has 232 valence electrons. The van der Waals surface area contributed by atoms with Gasteiger partial charge >= 0.3 is 0 Å². The van der Waals surface area contributed by atoms with Crippen LogP contribution in [-0.2, 0) is 5.41 Å². The van der Waals surface area contributed by atoms with Crippen molar-refractivity contribution in [1.82, 2.24) is 19.9 Å². The zero-order chi connectivity index (χ0) is 33.3. The van der Waals surface area contributed by atoms with Crippen molar-refractivity contribution >= 4 is 22.6 Å². The van der Waals surface area contributed by atoms with E-state index < -0.39 is 0 Å². The molecule has 6 nitrogen and oxygen atoms in total. The molecule has 0 fully saturated rings. The highest BCUT2D eigenvalue weighted by molar-refractivity contribution is 6.61. The zero-order valence-corrected chi connectivity index (χ0v) is 27.1. The van der Waals surface area contributed by atoms with E-state index in [2.05, 4.69) is 79.3 Å². The van der Waals surface area contributed by atoms with Crippen LogP contribution in [0.3, 0.4) is 0 Å². The summed E-state index contributed by atoms with van der Waals surface area (Å²) in [7, 11) is 0. The molecule has 1 aliphatic carbocycles. The highest BCUT2D eigenvalue weighted by Gasteiger charge is 2.20. The summed E-state index contributed by atoms with van der Waals surface area (Å²) in [6.07, 6.45) is 10.8. The molecule has 0 saturated carbocycles. The van der Waals surface area contributed by atoms with E-state index in [4.69, 9.17) is 20.8 Å². The monoisotopic (exact) mass is 622 g/mol. The molecule has 7 rings (SSSR count). The maximum atomic E-state index is 8.66. The summed E-state index contributed by atoms with van der Waals surface area (Å²) < 4.78 is 0. The largest absolute Gasteiger partial charge is 0.299 e. The van der Waals surface area contributed by atoms with Gasteiger partial charge in [0.05, 0.1) is 34.2 Å². The lowest BCUT2D eigenvalue weighted by Gasteiger charge is -2.19. The molecule has 0 saturated heterocycles. The normalized spacial score (nSPS) is 13.2. The van der Waals surface area contributed by atoms with Crippen LogP contribution < -0.4 is 0 Å². The maximum Gasteiger partial charge on any atom is 0.0883 e. The Labute approximate surface area is 280 Å². The van der Waals surface area contributed by atoms with E-state index in [-0.39, 0.29) is 16.8 Å². The first-order chi connectivity index (χ1) is 23.2. The van der Waals surface area contributed by atoms with Gasteiger partial charge < -0.3 is 0 Å². The van der Waals surface area contributed by atoms with Crippen LogP contribution in [0, 0.1) is 10.8 Å². The van der Waals surface area contributed by atoms with Crippen molar-refractivity contribution in [2.24, 2.45) is 0 Å². The molecule has 0 amide bonds. The number of benzene rings is 2. The number of hydrogen-bond donors (Lipinski definition) is 2. The first-order valence-corrected chi connectivity index (χ1v) is 15.9. The van der Waals surface area contributed by atoms with E-state index in [1.54, 1.807) is 18.5 Å². The second-order valence-electron chi connectivity index (χ2n) is 12.9. The minimum absolute atomic E-state index is 0.101. The lowest BCUT2D eigenvalue weighted by molar-refractivity contribution is 0.590. The number of aromatic nitrogens is 4. The summed E-state index contributed by atoms with van der Waals surface area (Å²) in [5.41, 5.74) is 12.2. The van der Waals surface area contributed by atoms with Gasteiger partial charge in [0.1, 0.15) is 0 Å². The molecule has 0 unspecified atom stereocenters. The molecule has 0 spiro atoms. The summed E-state index contributed by atoms with van der Waals surface area (Å²) in [6.45, 7) is 6.65. The topological polar surface area (TPSA) is 99.3 Å². The van der Waals surface area contributed by atoms with Crippen LogP contribution in [0.25, 0.3) is 55.9 Å². The van der Waals surface area contributed by atoms with Gasteiger partial charge in [0, 0.05) is 47.1 Å². The van der Waals surface area contributed by atoms with E-state index in [0.29, 0.717) is 17.0 Å². The SMILES string of the molecule is CC(C)(C)c1ccc(-c2ccnc(-c3ccc(C4=CC(c5ccc(-c6cc(-c7ccccc7)ccn6)cn5)=CC(=N)C4=N)nc3)c2)cc1. The first-order valence-electron chi connectivity index (χ1n) is 15.9. The van der Waals surface area contributed by atoms with Gasteiger partial charge in [-0.1, -0.05) is 75.4 Å². The molecule has 2 N–H and O–H groups in total. The molecule has 2 aromatic carbocycles. The number of rotatable bonds is 6. The third-order valence-electron chi connectivity index (χ3n) is 8.54. The molecule has 0 radical (unpaired) electrons. The van der Waals surface area contributed by atoms with E-state index in [9.17, 15) is 0 Å². The Bertz CT molecular complexity index is 2200. The fraction of sp³-hybridized carbons (Fsp3) is 0.0952. The zero-order valence-electron chi connectivity index (χ0n) is 27.1. The Morgan fingerprint density at radius 2 is 1.02 bits per heavy atom. The van der Waals surface area contributed by atoms with Crippen molar-refractivity contribution in [3.8, 4) is 44.8 Å². The van der Waals surface area contributed by atoms with Gasteiger partial charge in [0.2, 0.25) is 0 Å². The minimum Gasteiger partial charge on any atom is -0.299 e. The smallest absolute Gasteiger partial charge is 0.0883 e. The predicted octanol–water partition coefficient (Wildman–Crippen LogP) is 9.75. The van der Waals surface area contributed by atoms with Crippen molar-refractivity contribution in [3.05, 3.63) is 157 Å². The number of nitrogens with one attached hydrogen (secondary N) is 2. The molecule has 4 aromatic heterocycles. The molecule has 1 aliphatic rings. The first kappa shape index (κ1) is 30.5. The van der Waals surface area contributed by atoms with Crippen molar-refractivity contribution < 1.29 is 0 Å². The van der Waals surface area contributed by atoms with Gasteiger partial charge in [-0.15, -0.1) is 0 Å². The fourth-order valence-electron chi connectivity index (χ4n) is 5.74. The predicted molar refractivity (Wildman–Crippen MR) is 196 cm³/mol. The summed E-state index contributed by atoms with van der Waals surface area (Å²) in [5.74, 6) is 0. The van der Waals surface area contributed by atoms with Gasteiger partial charge in [-0.3, -0.25) is 30.8 Å². The van der Waals surface area contributed by atoms with Crippen molar-refractivity contribution in [3.63, 3.8) is 0 Å². The van der Waals surface area contributed by atoms with Crippen molar-refractivity contribution in [1.29, 1.82) is 10.8 Å².